The molecule has 2 nitrogen and oxygen atoms in total. The number of para-hydroxylation sites is 1. The number of fused-ring (bicyclic) bond motifs is 5. The molecular weight excluding hydrogens is 749 g/mol. The van der Waals surface area contributed by atoms with Gasteiger partial charge in [-0.3, -0.25) is 0 Å². The maximum Gasteiger partial charge on any atom is 0.0519 e. The SMILES string of the molecule is C1=CCCC(N(C2=CCc3cccc(N(c4ccccc4)c4cccc(-c5ccccc5)c4)c3C3C=CC=CC3C3C=CC=CC3CC=C2)C2C=CC(C3=CCCC=C3)CC2)=C1. The summed E-state index contributed by atoms with van der Waals surface area (Å²) in [7, 11) is 0. The molecule has 6 aliphatic rings. The van der Waals surface area contributed by atoms with Crippen LogP contribution >= 0.6 is 0 Å². The molecule has 6 aliphatic carbocycles. The van der Waals surface area contributed by atoms with Gasteiger partial charge in [0.05, 0.1) is 11.7 Å². The van der Waals surface area contributed by atoms with Crippen molar-refractivity contribution in [1.29, 1.82) is 0 Å². The number of hydrogen-bond donors (Lipinski definition) is 0. The molecule has 0 aliphatic heterocycles. The van der Waals surface area contributed by atoms with E-state index in [0.29, 0.717) is 29.7 Å². The van der Waals surface area contributed by atoms with E-state index in [9.17, 15) is 0 Å². The van der Waals surface area contributed by atoms with E-state index >= 15 is 0 Å². The van der Waals surface area contributed by atoms with Gasteiger partial charge >= 0.3 is 0 Å². The van der Waals surface area contributed by atoms with Gasteiger partial charge in [-0.25, -0.2) is 0 Å². The topological polar surface area (TPSA) is 6.48 Å². The summed E-state index contributed by atoms with van der Waals surface area (Å²) in [5.74, 6) is 1.74. The van der Waals surface area contributed by atoms with Gasteiger partial charge in [-0.15, -0.1) is 0 Å². The van der Waals surface area contributed by atoms with E-state index < -0.39 is 0 Å². The quantitative estimate of drug-likeness (QED) is 0.164. The van der Waals surface area contributed by atoms with E-state index in [2.05, 4.69) is 228 Å². The van der Waals surface area contributed by atoms with E-state index in [4.69, 9.17) is 0 Å². The average molecular weight is 807 g/mol. The lowest BCUT2D eigenvalue weighted by Gasteiger charge is -2.40. The summed E-state index contributed by atoms with van der Waals surface area (Å²) in [6.45, 7) is 0. The van der Waals surface area contributed by atoms with Gasteiger partial charge in [0.1, 0.15) is 0 Å². The van der Waals surface area contributed by atoms with Crippen molar-refractivity contribution < 1.29 is 0 Å². The monoisotopic (exact) mass is 806 g/mol. The van der Waals surface area contributed by atoms with Crippen molar-refractivity contribution in [3.8, 4) is 11.1 Å². The van der Waals surface area contributed by atoms with Crippen molar-refractivity contribution in [3.05, 3.63) is 247 Å². The van der Waals surface area contributed by atoms with Gasteiger partial charge in [-0.05, 0) is 139 Å². The van der Waals surface area contributed by atoms with Crippen LogP contribution in [-0.2, 0) is 6.42 Å². The van der Waals surface area contributed by atoms with Crippen molar-refractivity contribution in [3.63, 3.8) is 0 Å². The maximum absolute atomic E-state index is 2.71. The molecule has 4 aromatic carbocycles. The van der Waals surface area contributed by atoms with Crippen LogP contribution in [-0.4, -0.2) is 10.9 Å². The summed E-state index contributed by atoms with van der Waals surface area (Å²) in [6.07, 6.45) is 54.4. The fourth-order valence-corrected chi connectivity index (χ4v) is 10.8. The molecule has 0 saturated carbocycles. The van der Waals surface area contributed by atoms with Gasteiger partial charge < -0.3 is 9.80 Å². The van der Waals surface area contributed by atoms with Crippen LogP contribution in [0.2, 0.25) is 0 Å². The van der Waals surface area contributed by atoms with Crippen molar-refractivity contribution in [2.24, 2.45) is 23.7 Å². The van der Waals surface area contributed by atoms with Gasteiger partial charge in [0, 0.05) is 34.6 Å². The molecule has 0 fully saturated rings. The molecule has 0 spiro atoms. The summed E-state index contributed by atoms with van der Waals surface area (Å²) in [4.78, 5) is 5.23. The zero-order valence-corrected chi connectivity index (χ0v) is 35.8. The number of rotatable bonds is 8. The minimum Gasteiger partial charge on any atom is -0.339 e. The van der Waals surface area contributed by atoms with Crippen molar-refractivity contribution in [1.82, 2.24) is 4.90 Å². The molecule has 0 saturated heterocycles. The smallest absolute Gasteiger partial charge is 0.0519 e. The van der Waals surface area contributed by atoms with Crippen molar-refractivity contribution in [2.75, 3.05) is 4.90 Å². The first kappa shape index (κ1) is 39.7. The minimum absolute atomic E-state index is 0.183. The second-order valence-electron chi connectivity index (χ2n) is 17.6. The Kier molecular flexibility index (Phi) is 12.0. The third-order valence-corrected chi connectivity index (χ3v) is 13.8. The summed E-state index contributed by atoms with van der Waals surface area (Å²) in [6, 6.07) is 38.3. The molecule has 0 N–H and O–H groups in total. The van der Waals surface area contributed by atoms with Crippen LogP contribution in [0.4, 0.5) is 17.1 Å². The number of anilines is 3. The standard InChI is InChI=1S/C60H58N2/c1-5-20-45(21-6-1)47-38-41-54(42-39-47)61(51-28-9-3-10-29-51)53-32-17-25-48-24-13-14-34-56(48)57-35-15-16-36-58(57)60-49(40-43-53)26-19-37-59(60)62(52-30-11-4-12-31-52)55-33-18-27-50(44-55)46-22-7-2-8-23-46/h2-5,7-9,11-24,26-28,30-38,41,43-44,47-48,54,56-58H,1,6,10,25,29,39-40,42H2. The Morgan fingerprint density at radius 3 is 2.15 bits per heavy atom. The Bertz CT molecular complexity index is 2570. The van der Waals surface area contributed by atoms with E-state index in [1.165, 1.54) is 51.3 Å². The lowest BCUT2D eigenvalue weighted by molar-refractivity contribution is 0.318. The maximum atomic E-state index is 2.71. The normalized spacial score (nSPS) is 25.0. The van der Waals surface area contributed by atoms with E-state index in [0.717, 1.165) is 56.3 Å². The fourth-order valence-electron chi connectivity index (χ4n) is 10.8. The third-order valence-electron chi connectivity index (χ3n) is 13.8. The van der Waals surface area contributed by atoms with Gasteiger partial charge in [-0.2, -0.15) is 0 Å². The molecule has 10 rings (SSSR count). The summed E-state index contributed by atoms with van der Waals surface area (Å²) >= 11 is 0. The molecule has 0 radical (unpaired) electrons. The van der Waals surface area contributed by atoms with E-state index in [1.807, 2.05) is 0 Å². The highest BCUT2D eigenvalue weighted by Gasteiger charge is 2.36. The molecular formula is C60H58N2. The summed E-state index contributed by atoms with van der Waals surface area (Å²) < 4.78 is 0. The third kappa shape index (κ3) is 8.44. The lowest BCUT2D eigenvalue weighted by Crippen LogP contribution is -2.35. The second-order valence-corrected chi connectivity index (χ2v) is 17.6. The predicted octanol–water partition coefficient (Wildman–Crippen LogP) is 15.5. The van der Waals surface area contributed by atoms with Gasteiger partial charge in [0.25, 0.3) is 0 Å². The van der Waals surface area contributed by atoms with Crippen LogP contribution in [0.25, 0.3) is 11.1 Å². The average Bonchev–Trinajstić information content (AvgIpc) is 3.35. The molecule has 0 heterocycles. The van der Waals surface area contributed by atoms with Crippen molar-refractivity contribution >= 4 is 17.1 Å². The second kappa shape index (κ2) is 18.7. The molecule has 2 heteroatoms. The molecule has 308 valence electrons. The highest BCUT2D eigenvalue weighted by molar-refractivity contribution is 5.82. The fraction of sp³-hybridized carbons (Fsp3) is 0.233. The van der Waals surface area contributed by atoms with Crippen molar-refractivity contribution in [2.45, 2.75) is 63.3 Å². The highest BCUT2D eigenvalue weighted by atomic mass is 15.2. The molecule has 4 aromatic rings. The van der Waals surface area contributed by atoms with Gasteiger partial charge in [0.2, 0.25) is 0 Å². The first-order valence-corrected chi connectivity index (χ1v) is 23.2. The number of hydrogen-bond acceptors (Lipinski definition) is 2. The van der Waals surface area contributed by atoms with Gasteiger partial charge in [-0.1, -0.05) is 176 Å². The largest absolute Gasteiger partial charge is 0.339 e. The first-order chi connectivity index (χ1) is 30.8. The molecule has 0 bridgehead atoms. The highest BCUT2D eigenvalue weighted by Crippen LogP contribution is 2.49. The summed E-state index contributed by atoms with van der Waals surface area (Å²) in [5.41, 5.74) is 13.0. The van der Waals surface area contributed by atoms with E-state index in [-0.39, 0.29) is 5.92 Å². The number of allylic oxidation sites excluding steroid dienone is 20. The van der Waals surface area contributed by atoms with Gasteiger partial charge in [0.15, 0.2) is 0 Å². The molecule has 0 amide bonds. The van der Waals surface area contributed by atoms with E-state index in [1.54, 1.807) is 0 Å². The Balaban J connectivity index is 1.13. The van der Waals surface area contributed by atoms with Crippen LogP contribution in [0.5, 0.6) is 0 Å². The Morgan fingerprint density at radius 2 is 1.34 bits per heavy atom. The summed E-state index contributed by atoms with van der Waals surface area (Å²) in [5, 5.41) is 0. The first-order valence-electron chi connectivity index (χ1n) is 23.2. The van der Waals surface area contributed by atoms with Crippen LogP contribution in [0.3, 0.4) is 0 Å². The van der Waals surface area contributed by atoms with Crippen LogP contribution < -0.4 is 4.90 Å². The minimum atomic E-state index is 0.183. The number of benzene rings is 4. The Hall–Kier alpha value is -6.38. The number of nitrogens with zero attached hydrogens (tertiary/aromatic N) is 2. The zero-order valence-electron chi connectivity index (χ0n) is 35.8. The molecule has 6 unspecified atom stereocenters. The van der Waals surface area contributed by atoms with Crippen LogP contribution in [0.1, 0.15) is 62.0 Å². The molecule has 62 heavy (non-hydrogen) atoms. The molecule has 6 atom stereocenters. The van der Waals surface area contributed by atoms with Crippen LogP contribution in [0.15, 0.2) is 236 Å². The zero-order chi connectivity index (χ0) is 41.5. The Labute approximate surface area is 370 Å². The van der Waals surface area contributed by atoms with Crippen LogP contribution in [0, 0.1) is 23.7 Å². The molecule has 0 aromatic heterocycles. The Morgan fingerprint density at radius 1 is 0.548 bits per heavy atom. The predicted molar refractivity (Wildman–Crippen MR) is 262 cm³/mol. The lowest BCUT2D eigenvalue weighted by atomic mass is 9.67.